The Balaban J connectivity index is 1.53. The van der Waals surface area contributed by atoms with Crippen LogP contribution in [0.2, 0.25) is 10.0 Å². The fourth-order valence-electron chi connectivity index (χ4n) is 4.47. The van der Waals surface area contributed by atoms with Gasteiger partial charge in [0, 0.05) is 35.4 Å². The molecular weight excluding hydrogens is 537 g/mol. The number of carbonyl (C=O) groups is 2. The van der Waals surface area contributed by atoms with Gasteiger partial charge in [-0.15, -0.1) is 0 Å². The summed E-state index contributed by atoms with van der Waals surface area (Å²) in [5, 5.41) is 12.7. The van der Waals surface area contributed by atoms with Gasteiger partial charge in [-0.25, -0.2) is 13.2 Å². The van der Waals surface area contributed by atoms with Gasteiger partial charge in [-0.1, -0.05) is 53.5 Å². The number of halogens is 2. The third-order valence-electron chi connectivity index (χ3n) is 6.48. The van der Waals surface area contributed by atoms with Crippen LogP contribution in [0.3, 0.4) is 0 Å². The average Bonchev–Trinajstić information content (AvgIpc) is 3.27. The minimum absolute atomic E-state index is 0.0289. The fourth-order valence-corrected chi connectivity index (χ4v) is 7.01. The van der Waals surface area contributed by atoms with Crippen molar-refractivity contribution < 1.29 is 23.1 Å². The number of sulfonamides is 1. The maximum Gasteiger partial charge on any atom is 0.326 e. The zero-order chi connectivity index (χ0) is 26.8. The molecule has 4 rings (SSSR count). The molecule has 0 unspecified atom stereocenters. The van der Waals surface area contributed by atoms with Crippen molar-refractivity contribution >= 4 is 45.1 Å². The van der Waals surface area contributed by atoms with Gasteiger partial charge < -0.3 is 10.4 Å². The van der Waals surface area contributed by atoms with Crippen LogP contribution in [0.1, 0.15) is 25.3 Å². The first-order chi connectivity index (χ1) is 17.5. The maximum atomic E-state index is 13.4. The summed E-state index contributed by atoms with van der Waals surface area (Å²) in [6, 6.07) is 13.8. The van der Waals surface area contributed by atoms with Crippen LogP contribution in [0.25, 0.3) is 11.1 Å². The molecule has 1 amide bonds. The van der Waals surface area contributed by atoms with E-state index in [0.29, 0.717) is 12.0 Å². The minimum atomic E-state index is -4.13. The Kier molecular flexibility index (Phi) is 7.89. The average molecular weight is 562 g/mol. The Hall–Kier alpha value is -2.98. The van der Waals surface area contributed by atoms with Crippen molar-refractivity contribution in [2.24, 2.45) is 0 Å². The predicted molar refractivity (Wildman–Crippen MR) is 141 cm³/mol. The Morgan fingerprint density at radius 2 is 1.78 bits per heavy atom. The van der Waals surface area contributed by atoms with Crippen molar-refractivity contribution in [1.29, 1.82) is 0 Å². The Bertz CT molecular complexity index is 1400. The highest BCUT2D eigenvalue weighted by Gasteiger charge is 2.50. The minimum Gasteiger partial charge on any atom is -0.480 e. The standard InChI is InChI=1S/C26H25Cl2N3O5S/c1-26(9-3-11-31(26)37(35,36)22-14-20(27)13-21(28)15-22)25(34)30-23(24(32)33)12-17-5-7-18(8-6-17)19-4-2-10-29-16-19/h2,4-8,10,13-16,23H,3,9,11-12H2,1H3,(H,30,34)(H,32,33)/t23-,26-/m0/s1. The summed E-state index contributed by atoms with van der Waals surface area (Å²) in [4.78, 5) is 29.4. The molecule has 1 aliphatic heterocycles. The number of carboxylic acid groups (broad SMARTS) is 1. The van der Waals surface area contributed by atoms with Gasteiger partial charge in [0.05, 0.1) is 4.90 Å². The molecule has 8 nitrogen and oxygen atoms in total. The van der Waals surface area contributed by atoms with Gasteiger partial charge in [-0.3, -0.25) is 9.78 Å². The highest BCUT2D eigenvalue weighted by atomic mass is 35.5. The van der Waals surface area contributed by atoms with Crippen LogP contribution in [-0.2, 0) is 26.0 Å². The van der Waals surface area contributed by atoms with Crippen LogP contribution < -0.4 is 5.32 Å². The number of aromatic nitrogens is 1. The summed E-state index contributed by atoms with van der Waals surface area (Å²) in [6.45, 7) is 1.60. The lowest BCUT2D eigenvalue weighted by atomic mass is 9.97. The Morgan fingerprint density at radius 1 is 1.11 bits per heavy atom. The maximum absolute atomic E-state index is 13.4. The highest BCUT2D eigenvalue weighted by Crippen LogP contribution is 2.36. The van der Waals surface area contributed by atoms with Crippen LogP contribution in [0.5, 0.6) is 0 Å². The number of pyridine rings is 1. The second-order valence-corrected chi connectivity index (χ2v) is 11.8. The first-order valence-electron chi connectivity index (χ1n) is 11.5. The van der Waals surface area contributed by atoms with Gasteiger partial charge in [0.15, 0.2) is 0 Å². The van der Waals surface area contributed by atoms with E-state index >= 15 is 0 Å². The summed E-state index contributed by atoms with van der Waals surface area (Å²) in [7, 11) is -4.13. The number of amides is 1. The molecule has 2 heterocycles. The van der Waals surface area contributed by atoms with Crippen molar-refractivity contribution in [2.75, 3.05) is 6.54 Å². The number of carbonyl (C=O) groups excluding carboxylic acids is 1. The van der Waals surface area contributed by atoms with Crippen molar-refractivity contribution in [3.63, 3.8) is 0 Å². The van der Waals surface area contributed by atoms with Crippen LogP contribution in [0, 0.1) is 0 Å². The molecule has 194 valence electrons. The molecule has 0 saturated carbocycles. The number of nitrogens with zero attached hydrogens (tertiary/aromatic N) is 2. The highest BCUT2D eigenvalue weighted by molar-refractivity contribution is 7.89. The topological polar surface area (TPSA) is 117 Å². The number of hydrogen-bond donors (Lipinski definition) is 2. The zero-order valence-corrected chi connectivity index (χ0v) is 22.2. The zero-order valence-electron chi connectivity index (χ0n) is 19.9. The predicted octanol–water partition coefficient (Wildman–Crippen LogP) is 4.41. The molecule has 3 aromatic rings. The quantitative estimate of drug-likeness (QED) is 0.420. The van der Waals surface area contributed by atoms with Crippen molar-refractivity contribution in [3.05, 3.63) is 82.6 Å². The lowest BCUT2D eigenvalue weighted by Crippen LogP contribution is -2.58. The van der Waals surface area contributed by atoms with Crippen LogP contribution in [0.15, 0.2) is 71.9 Å². The molecular formula is C26H25Cl2N3O5S. The summed E-state index contributed by atoms with van der Waals surface area (Å²) < 4.78 is 27.9. The van der Waals surface area contributed by atoms with E-state index in [9.17, 15) is 23.1 Å². The van der Waals surface area contributed by atoms with Gasteiger partial charge in [0.2, 0.25) is 15.9 Å². The number of benzene rings is 2. The number of nitrogens with one attached hydrogen (secondary N) is 1. The molecule has 37 heavy (non-hydrogen) atoms. The SMILES string of the molecule is C[C@@]1(C(=O)N[C@@H](Cc2ccc(-c3cccnc3)cc2)C(=O)O)CCCN1S(=O)(=O)c1cc(Cl)cc(Cl)c1. The van der Waals surface area contributed by atoms with E-state index in [1.54, 1.807) is 24.5 Å². The Morgan fingerprint density at radius 3 is 2.38 bits per heavy atom. The van der Waals surface area contributed by atoms with Crippen molar-refractivity contribution in [3.8, 4) is 11.1 Å². The van der Waals surface area contributed by atoms with Crippen LogP contribution in [-0.4, -0.2) is 52.8 Å². The molecule has 1 fully saturated rings. The first-order valence-corrected chi connectivity index (χ1v) is 13.7. The molecule has 2 aromatic carbocycles. The monoisotopic (exact) mass is 561 g/mol. The molecule has 0 spiro atoms. The van der Waals surface area contributed by atoms with Crippen LogP contribution in [0.4, 0.5) is 0 Å². The molecule has 1 aliphatic rings. The third kappa shape index (κ3) is 5.80. The van der Waals surface area contributed by atoms with Gasteiger partial charge in [0.1, 0.15) is 11.6 Å². The number of hydrogen-bond acceptors (Lipinski definition) is 5. The second kappa shape index (κ2) is 10.8. The number of aliphatic carboxylic acids is 1. The molecule has 0 aliphatic carbocycles. The molecule has 1 saturated heterocycles. The van der Waals surface area contributed by atoms with Gasteiger partial charge in [-0.05, 0) is 60.7 Å². The molecule has 2 atom stereocenters. The Labute approximate surface area is 225 Å². The van der Waals surface area contributed by atoms with E-state index in [-0.39, 0.29) is 34.3 Å². The summed E-state index contributed by atoms with van der Waals surface area (Å²) in [5.41, 5.74) is 1.07. The first kappa shape index (κ1) is 27.1. The van der Waals surface area contributed by atoms with E-state index in [1.165, 1.54) is 25.1 Å². The summed E-state index contributed by atoms with van der Waals surface area (Å²) in [6.07, 6.45) is 4.11. The van der Waals surface area contributed by atoms with Gasteiger partial charge in [-0.2, -0.15) is 4.31 Å². The third-order valence-corrected chi connectivity index (χ3v) is 8.91. The van der Waals surface area contributed by atoms with Gasteiger partial charge in [0.25, 0.3) is 0 Å². The van der Waals surface area contributed by atoms with Crippen molar-refractivity contribution in [2.45, 2.75) is 42.7 Å². The number of rotatable bonds is 8. The molecule has 0 radical (unpaired) electrons. The van der Waals surface area contributed by atoms with E-state index in [2.05, 4.69) is 10.3 Å². The summed E-state index contributed by atoms with van der Waals surface area (Å²) >= 11 is 12.0. The molecule has 1 aromatic heterocycles. The van der Waals surface area contributed by atoms with Crippen molar-refractivity contribution in [1.82, 2.24) is 14.6 Å². The summed E-state index contributed by atoms with van der Waals surface area (Å²) in [5.74, 6) is -1.90. The smallest absolute Gasteiger partial charge is 0.326 e. The normalized spacial score (nSPS) is 18.9. The van der Waals surface area contributed by atoms with Crippen LogP contribution >= 0.6 is 23.2 Å². The van der Waals surface area contributed by atoms with E-state index in [4.69, 9.17) is 23.2 Å². The second-order valence-electron chi connectivity index (χ2n) is 9.07. The molecule has 2 N–H and O–H groups in total. The van der Waals surface area contributed by atoms with Gasteiger partial charge >= 0.3 is 5.97 Å². The lowest BCUT2D eigenvalue weighted by molar-refractivity contribution is -0.143. The number of carboxylic acids is 1. The largest absolute Gasteiger partial charge is 0.480 e. The fraction of sp³-hybridized carbons (Fsp3) is 0.269. The molecule has 0 bridgehead atoms. The molecule has 11 heteroatoms. The van der Waals surface area contributed by atoms with E-state index in [0.717, 1.165) is 15.4 Å². The van der Waals surface area contributed by atoms with E-state index in [1.807, 2.05) is 24.3 Å². The lowest BCUT2D eigenvalue weighted by Gasteiger charge is -2.34. The van der Waals surface area contributed by atoms with E-state index < -0.39 is 33.5 Å².